The summed E-state index contributed by atoms with van der Waals surface area (Å²) < 4.78 is 13.4. The highest BCUT2D eigenvalue weighted by Gasteiger charge is 2.08. The molecule has 0 saturated carbocycles. The number of nitrogens with zero attached hydrogens (tertiary/aromatic N) is 3. The van der Waals surface area contributed by atoms with Crippen LogP contribution in [0.1, 0.15) is 18.3 Å². The van der Waals surface area contributed by atoms with E-state index in [4.69, 9.17) is 21.7 Å². The number of rotatable bonds is 5. The van der Waals surface area contributed by atoms with Crippen LogP contribution in [0, 0.1) is 4.77 Å². The molecule has 2 rings (SSSR count). The van der Waals surface area contributed by atoms with E-state index in [0.29, 0.717) is 16.3 Å². The molecule has 0 spiro atoms. The Morgan fingerprint density at radius 2 is 2.05 bits per heavy atom. The molecule has 0 amide bonds. The van der Waals surface area contributed by atoms with Gasteiger partial charge in [0.1, 0.15) is 0 Å². The molecule has 0 aliphatic carbocycles. The summed E-state index contributed by atoms with van der Waals surface area (Å²) >= 11 is 8.63. The lowest BCUT2D eigenvalue weighted by molar-refractivity contribution is 0.354. The van der Waals surface area contributed by atoms with Crippen molar-refractivity contribution in [3.8, 4) is 11.5 Å². The third kappa shape index (κ3) is 3.33. The molecule has 112 valence electrons. The van der Waals surface area contributed by atoms with Gasteiger partial charge in [-0.1, -0.05) is 6.92 Å². The van der Waals surface area contributed by atoms with E-state index in [0.717, 1.165) is 22.3 Å². The van der Waals surface area contributed by atoms with Crippen LogP contribution in [0.15, 0.2) is 21.7 Å². The minimum Gasteiger partial charge on any atom is -0.493 e. The predicted octanol–water partition coefficient (Wildman–Crippen LogP) is 3.16. The summed E-state index contributed by atoms with van der Waals surface area (Å²) in [5, 5.41) is 11.2. The zero-order valence-electron chi connectivity index (χ0n) is 11.9. The number of H-pyrrole nitrogens is 1. The van der Waals surface area contributed by atoms with Crippen LogP contribution in [-0.4, -0.2) is 35.3 Å². The number of nitrogens with one attached hydrogen (secondary N) is 1. The van der Waals surface area contributed by atoms with E-state index in [1.54, 1.807) is 25.1 Å². The maximum absolute atomic E-state index is 5.28. The van der Waals surface area contributed by atoms with E-state index in [1.807, 2.05) is 19.1 Å². The number of hydrogen-bond acceptors (Lipinski definition) is 5. The van der Waals surface area contributed by atoms with Crippen molar-refractivity contribution in [1.29, 1.82) is 0 Å². The number of ether oxygens (including phenoxy) is 2. The van der Waals surface area contributed by atoms with Crippen molar-refractivity contribution in [3.05, 3.63) is 32.8 Å². The van der Waals surface area contributed by atoms with Gasteiger partial charge in [0.05, 0.1) is 20.4 Å². The first kappa shape index (κ1) is 15.7. The topological polar surface area (TPSA) is 64.4 Å². The van der Waals surface area contributed by atoms with Gasteiger partial charge < -0.3 is 9.47 Å². The molecule has 1 heterocycles. The lowest BCUT2D eigenvalue weighted by Crippen LogP contribution is -1.98. The fraction of sp³-hybridized carbons (Fsp3) is 0.308. The van der Waals surface area contributed by atoms with E-state index in [9.17, 15) is 0 Å². The van der Waals surface area contributed by atoms with Gasteiger partial charge in [-0.2, -0.15) is 14.9 Å². The Kier molecular flexibility index (Phi) is 5.13. The first-order valence-corrected chi connectivity index (χ1v) is 7.43. The number of aromatic nitrogens is 3. The third-order valence-corrected chi connectivity index (χ3v) is 3.80. The number of aromatic amines is 1. The van der Waals surface area contributed by atoms with Crippen molar-refractivity contribution in [1.82, 2.24) is 14.9 Å². The minimum absolute atomic E-state index is 0.458. The highest BCUT2D eigenvalue weighted by Crippen LogP contribution is 2.32. The summed E-state index contributed by atoms with van der Waals surface area (Å²) in [4.78, 5) is 0. The molecule has 0 aliphatic heterocycles. The molecule has 6 nitrogen and oxygen atoms in total. The highest BCUT2D eigenvalue weighted by molar-refractivity contribution is 9.10. The maximum Gasteiger partial charge on any atom is 0.216 e. The van der Waals surface area contributed by atoms with Gasteiger partial charge in [0.15, 0.2) is 17.3 Å². The molecule has 8 heteroatoms. The van der Waals surface area contributed by atoms with Crippen LogP contribution in [0.2, 0.25) is 0 Å². The molecule has 2 aromatic rings. The maximum atomic E-state index is 5.28. The van der Waals surface area contributed by atoms with Gasteiger partial charge in [0.2, 0.25) is 4.77 Å². The van der Waals surface area contributed by atoms with Gasteiger partial charge in [-0.3, -0.25) is 5.10 Å². The molecule has 0 unspecified atom stereocenters. The first-order valence-electron chi connectivity index (χ1n) is 6.22. The number of hydrogen-bond donors (Lipinski definition) is 1. The molecule has 21 heavy (non-hydrogen) atoms. The number of aryl methyl sites for hydroxylation is 1. The Balaban J connectivity index is 2.41. The molecule has 1 aromatic carbocycles. The smallest absolute Gasteiger partial charge is 0.216 e. The molecule has 1 aromatic heterocycles. The quantitative estimate of drug-likeness (QED) is 0.648. The molecule has 0 radical (unpaired) electrons. The fourth-order valence-corrected chi connectivity index (χ4v) is 2.38. The van der Waals surface area contributed by atoms with Crippen LogP contribution in [-0.2, 0) is 6.42 Å². The van der Waals surface area contributed by atoms with Crippen LogP contribution in [0.3, 0.4) is 0 Å². The van der Waals surface area contributed by atoms with Crippen molar-refractivity contribution in [3.63, 3.8) is 0 Å². The Morgan fingerprint density at radius 1 is 1.38 bits per heavy atom. The summed E-state index contributed by atoms with van der Waals surface area (Å²) in [6.45, 7) is 1.99. The second-order valence-corrected chi connectivity index (χ2v) is 5.32. The van der Waals surface area contributed by atoms with Gasteiger partial charge in [-0.15, -0.1) is 0 Å². The van der Waals surface area contributed by atoms with E-state index < -0.39 is 0 Å². The van der Waals surface area contributed by atoms with Crippen LogP contribution >= 0.6 is 28.1 Å². The molecule has 0 fully saturated rings. The van der Waals surface area contributed by atoms with Crippen molar-refractivity contribution in [2.24, 2.45) is 5.10 Å². The fourth-order valence-electron chi connectivity index (χ4n) is 1.76. The van der Waals surface area contributed by atoms with Gasteiger partial charge in [-0.05, 0) is 40.3 Å². The van der Waals surface area contributed by atoms with E-state index in [-0.39, 0.29) is 0 Å². The normalized spacial score (nSPS) is 11.0. The van der Waals surface area contributed by atoms with Gasteiger partial charge in [0.25, 0.3) is 0 Å². The highest BCUT2D eigenvalue weighted by atomic mass is 79.9. The lowest BCUT2D eigenvalue weighted by Gasteiger charge is -2.09. The lowest BCUT2D eigenvalue weighted by atomic mass is 10.2. The standard InChI is InChI=1S/C13H15BrN4O2S/c1-4-12-16-17-13(21)18(12)15-7-8-5-10(19-2)11(20-3)6-9(8)14/h5-7H,4H2,1-3H3,(H,17,21). The van der Waals surface area contributed by atoms with Crippen LogP contribution < -0.4 is 9.47 Å². The average molecular weight is 371 g/mol. The van der Waals surface area contributed by atoms with Crippen LogP contribution in [0.4, 0.5) is 0 Å². The van der Waals surface area contributed by atoms with E-state index >= 15 is 0 Å². The number of benzene rings is 1. The van der Waals surface area contributed by atoms with E-state index in [2.05, 4.69) is 31.2 Å². The van der Waals surface area contributed by atoms with E-state index in [1.165, 1.54) is 0 Å². The van der Waals surface area contributed by atoms with Gasteiger partial charge >= 0.3 is 0 Å². The molecule has 1 N–H and O–H groups in total. The first-order chi connectivity index (χ1) is 10.1. The zero-order chi connectivity index (χ0) is 15.4. The summed E-state index contributed by atoms with van der Waals surface area (Å²) in [5.41, 5.74) is 0.845. The second-order valence-electron chi connectivity index (χ2n) is 4.08. The Morgan fingerprint density at radius 3 is 2.67 bits per heavy atom. The molecular weight excluding hydrogens is 356 g/mol. The molecule has 0 aliphatic rings. The molecule has 0 saturated heterocycles. The van der Waals surface area contributed by atoms with Crippen molar-refractivity contribution >= 4 is 34.4 Å². The second kappa shape index (κ2) is 6.86. The van der Waals surface area contributed by atoms with Crippen LogP contribution in [0.25, 0.3) is 0 Å². The SMILES string of the molecule is CCc1n[nH]c(=S)n1N=Cc1cc(OC)c(OC)cc1Br. The summed E-state index contributed by atoms with van der Waals surface area (Å²) in [6, 6.07) is 3.66. The summed E-state index contributed by atoms with van der Waals surface area (Å²) in [7, 11) is 3.18. The third-order valence-electron chi connectivity index (χ3n) is 2.85. The Bertz CT molecular complexity index is 723. The average Bonchev–Trinajstić information content (AvgIpc) is 2.85. The number of halogens is 1. The minimum atomic E-state index is 0.458. The largest absolute Gasteiger partial charge is 0.493 e. The van der Waals surface area contributed by atoms with Crippen molar-refractivity contribution in [2.45, 2.75) is 13.3 Å². The molecular formula is C13H15BrN4O2S. The van der Waals surface area contributed by atoms with Crippen molar-refractivity contribution in [2.75, 3.05) is 14.2 Å². The number of methoxy groups -OCH3 is 2. The Hall–Kier alpha value is -1.67. The predicted molar refractivity (Wildman–Crippen MR) is 87.0 cm³/mol. The summed E-state index contributed by atoms with van der Waals surface area (Å²) in [6.07, 6.45) is 2.42. The van der Waals surface area contributed by atoms with Gasteiger partial charge in [-0.25, -0.2) is 0 Å². The molecule has 0 bridgehead atoms. The van der Waals surface area contributed by atoms with Crippen molar-refractivity contribution < 1.29 is 9.47 Å². The zero-order valence-corrected chi connectivity index (χ0v) is 14.3. The van der Waals surface area contributed by atoms with Crippen LogP contribution in [0.5, 0.6) is 11.5 Å². The molecule has 0 atom stereocenters. The Labute approximate surface area is 135 Å². The van der Waals surface area contributed by atoms with Gasteiger partial charge in [0, 0.05) is 16.5 Å². The summed E-state index contributed by atoms with van der Waals surface area (Å²) in [5.74, 6) is 2.05. The monoisotopic (exact) mass is 370 g/mol.